The third-order valence-corrected chi connectivity index (χ3v) is 3.74. The van der Waals surface area contributed by atoms with Crippen molar-refractivity contribution in [3.8, 4) is 0 Å². The third-order valence-electron chi connectivity index (χ3n) is 3.74. The van der Waals surface area contributed by atoms with Gasteiger partial charge in [0.25, 0.3) is 0 Å². The Hall–Kier alpha value is -0.0800. The number of likely N-dealkylation sites (tertiary alicyclic amines) is 1. The molecule has 0 radical (unpaired) electrons. The van der Waals surface area contributed by atoms with Crippen molar-refractivity contribution in [3.63, 3.8) is 0 Å². The van der Waals surface area contributed by atoms with Crippen LogP contribution >= 0.6 is 0 Å². The summed E-state index contributed by atoms with van der Waals surface area (Å²) in [7, 11) is 0. The molecule has 96 valence electrons. The van der Waals surface area contributed by atoms with Gasteiger partial charge in [-0.1, -0.05) is 20.8 Å². The monoisotopic (exact) mass is 226 g/mol. The summed E-state index contributed by atoms with van der Waals surface area (Å²) < 4.78 is 0. The molecule has 1 heterocycles. The van der Waals surface area contributed by atoms with Crippen molar-refractivity contribution in [1.29, 1.82) is 0 Å². The predicted octanol–water partition coefficient (Wildman–Crippen LogP) is 2.74. The summed E-state index contributed by atoms with van der Waals surface area (Å²) in [6.07, 6.45) is 4.01. The number of nitrogens with one attached hydrogen (secondary N) is 1. The van der Waals surface area contributed by atoms with Gasteiger partial charge in [0.2, 0.25) is 0 Å². The summed E-state index contributed by atoms with van der Waals surface area (Å²) in [6, 6.07) is 0.789. The molecule has 3 atom stereocenters. The molecular weight excluding hydrogens is 196 g/mol. The summed E-state index contributed by atoms with van der Waals surface area (Å²) >= 11 is 0. The van der Waals surface area contributed by atoms with Gasteiger partial charge in [-0.15, -0.1) is 0 Å². The number of hydrogen-bond acceptors (Lipinski definition) is 2. The maximum absolute atomic E-state index is 3.52. The highest BCUT2D eigenvalue weighted by atomic mass is 15.2. The second-order valence-electron chi connectivity index (χ2n) is 5.78. The van der Waals surface area contributed by atoms with Gasteiger partial charge in [-0.2, -0.15) is 0 Å². The van der Waals surface area contributed by atoms with Gasteiger partial charge in [-0.3, -0.25) is 0 Å². The summed E-state index contributed by atoms with van der Waals surface area (Å²) in [4.78, 5) is 2.68. The highest BCUT2D eigenvalue weighted by Crippen LogP contribution is 2.22. The molecule has 0 spiro atoms. The number of rotatable bonds is 6. The van der Waals surface area contributed by atoms with Crippen molar-refractivity contribution in [3.05, 3.63) is 0 Å². The van der Waals surface area contributed by atoms with Crippen molar-refractivity contribution >= 4 is 0 Å². The Labute approximate surface area is 102 Å². The van der Waals surface area contributed by atoms with E-state index in [-0.39, 0.29) is 0 Å². The molecule has 1 aliphatic rings. The van der Waals surface area contributed by atoms with E-state index in [0.29, 0.717) is 0 Å². The Kier molecular flexibility index (Phi) is 6.37. The zero-order valence-corrected chi connectivity index (χ0v) is 11.6. The molecule has 0 bridgehead atoms. The van der Waals surface area contributed by atoms with Crippen molar-refractivity contribution in [1.82, 2.24) is 10.2 Å². The Balaban J connectivity index is 2.19. The lowest BCUT2D eigenvalue weighted by Gasteiger charge is -2.38. The summed E-state index contributed by atoms with van der Waals surface area (Å²) in [6.45, 7) is 14.3. The van der Waals surface area contributed by atoms with E-state index in [0.717, 1.165) is 24.4 Å². The standard InChI is InChI=1S/C14H30N2/c1-5-7-15-10-13(3)11-16-8-6-12(2)9-14(16)4/h12-15H,5-11H2,1-4H3. The third kappa shape index (κ3) is 4.84. The van der Waals surface area contributed by atoms with Crippen molar-refractivity contribution in [2.75, 3.05) is 26.2 Å². The molecule has 3 unspecified atom stereocenters. The lowest BCUT2D eigenvalue weighted by Crippen LogP contribution is -2.43. The maximum Gasteiger partial charge on any atom is 0.00695 e. The van der Waals surface area contributed by atoms with Crippen LogP contribution in [0.15, 0.2) is 0 Å². The van der Waals surface area contributed by atoms with Crippen LogP contribution < -0.4 is 5.32 Å². The van der Waals surface area contributed by atoms with Crippen LogP contribution in [0.2, 0.25) is 0 Å². The SMILES string of the molecule is CCCNCC(C)CN1CCC(C)CC1C. The largest absolute Gasteiger partial charge is 0.316 e. The van der Waals surface area contributed by atoms with Crippen LogP contribution in [0.4, 0.5) is 0 Å². The molecule has 16 heavy (non-hydrogen) atoms. The Morgan fingerprint density at radius 1 is 1.38 bits per heavy atom. The average molecular weight is 226 g/mol. The molecule has 0 saturated carbocycles. The van der Waals surface area contributed by atoms with E-state index in [4.69, 9.17) is 0 Å². The lowest BCUT2D eigenvalue weighted by molar-refractivity contribution is 0.112. The molecule has 1 rings (SSSR count). The minimum atomic E-state index is 0.780. The molecule has 2 heteroatoms. The summed E-state index contributed by atoms with van der Waals surface area (Å²) in [5, 5.41) is 3.52. The number of nitrogens with zero attached hydrogens (tertiary/aromatic N) is 1. The fraction of sp³-hybridized carbons (Fsp3) is 1.00. The predicted molar refractivity (Wildman–Crippen MR) is 71.8 cm³/mol. The van der Waals surface area contributed by atoms with Crippen LogP contribution in [0.25, 0.3) is 0 Å². The Morgan fingerprint density at radius 2 is 2.12 bits per heavy atom. The molecule has 1 fully saturated rings. The summed E-state index contributed by atoms with van der Waals surface area (Å²) in [5.41, 5.74) is 0. The van der Waals surface area contributed by atoms with E-state index in [9.17, 15) is 0 Å². The van der Waals surface area contributed by atoms with Crippen LogP contribution in [0.5, 0.6) is 0 Å². The van der Waals surface area contributed by atoms with Crippen LogP contribution in [0.3, 0.4) is 0 Å². The first-order valence-corrected chi connectivity index (χ1v) is 7.08. The van der Waals surface area contributed by atoms with Crippen LogP contribution in [0.1, 0.15) is 47.0 Å². The smallest absolute Gasteiger partial charge is 0.00695 e. The van der Waals surface area contributed by atoms with E-state index >= 15 is 0 Å². The topological polar surface area (TPSA) is 15.3 Å². The molecule has 0 aliphatic carbocycles. The van der Waals surface area contributed by atoms with E-state index in [1.165, 1.54) is 38.9 Å². The zero-order valence-electron chi connectivity index (χ0n) is 11.6. The summed E-state index contributed by atoms with van der Waals surface area (Å²) in [5.74, 6) is 1.71. The second kappa shape index (κ2) is 7.29. The van der Waals surface area contributed by atoms with Gasteiger partial charge < -0.3 is 10.2 Å². The molecule has 1 saturated heterocycles. The second-order valence-corrected chi connectivity index (χ2v) is 5.78. The minimum Gasteiger partial charge on any atom is -0.316 e. The van der Waals surface area contributed by atoms with Gasteiger partial charge in [-0.05, 0) is 57.7 Å². The zero-order chi connectivity index (χ0) is 12.0. The molecule has 0 aromatic carbocycles. The highest BCUT2D eigenvalue weighted by Gasteiger charge is 2.23. The van der Waals surface area contributed by atoms with Crippen molar-refractivity contribution < 1.29 is 0 Å². The van der Waals surface area contributed by atoms with Crippen molar-refractivity contribution in [2.45, 2.75) is 53.0 Å². The highest BCUT2D eigenvalue weighted by molar-refractivity contribution is 4.78. The molecule has 2 nitrogen and oxygen atoms in total. The van der Waals surface area contributed by atoms with Crippen LogP contribution in [-0.2, 0) is 0 Å². The van der Waals surface area contributed by atoms with Gasteiger partial charge in [-0.25, -0.2) is 0 Å². The van der Waals surface area contributed by atoms with E-state index in [2.05, 4.69) is 37.9 Å². The van der Waals surface area contributed by atoms with E-state index in [1.54, 1.807) is 0 Å². The van der Waals surface area contributed by atoms with E-state index in [1.807, 2.05) is 0 Å². The molecule has 0 aromatic heterocycles. The molecule has 1 N–H and O–H groups in total. The normalized spacial score (nSPS) is 29.2. The Morgan fingerprint density at radius 3 is 2.75 bits per heavy atom. The van der Waals surface area contributed by atoms with Gasteiger partial charge >= 0.3 is 0 Å². The molecule has 0 amide bonds. The van der Waals surface area contributed by atoms with Gasteiger partial charge in [0.1, 0.15) is 0 Å². The average Bonchev–Trinajstić information content (AvgIpc) is 2.23. The molecular formula is C14H30N2. The van der Waals surface area contributed by atoms with Gasteiger partial charge in [0.05, 0.1) is 0 Å². The fourth-order valence-corrected chi connectivity index (χ4v) is 2.72. The van der Waals surface area contributed by atoms with Gasteiger partial charge in [0, 0.05) is 12.6 Å². The lowest BCUT2D eigenvalue weighted by atomic mass is 9.92. The quantitative estimate of drug-likeness (QED) is 0.701. The maximum atomic E-state index is 3.52. The first kappa shape index (κ1) is 14.0. The number of piperidine rings is 1. The molecule has 1 aliphatic heterocycles. The van der Waals surface area contributed by atoms with Crippen LogP contribution in [0, 0.1) is 11.8 Å². The van der Waals surface area contributed by atoms with Crippen LogP contribution in [-0.4, -0.2) is 37.1 Å². The first-order valence-electron chi connectivity index (χ1n) is 7.08. The fourth-order valence-electron chi connectivity index (χ4n) is 2.72. The van der Waals surface area contributed by atoms with Gasteiger partial charge in [0.15, 0.2) is 0 Å². The molecule has 0 aromatic rings. The van der Waals surface area contributed by atoms with E-state index < -0.39 is 0 Å². The van der Waals surface area contributed by atoms with Crippen molar-refractivity contribution in [2.24, 2.45) is 11.8 Å². The minimum absolute atomic E-state index is 0.780. The number of hydrogen-bond donors (Lipinski definition) is 1. The first-order chi connectivity index (χ1) is 7.63. The Bertz CT molecular complexity index is 182.